The Bertz CT molecular complexity index is 536. The molecular formula is C20H28O4. The van der Waals surface area contributed by atoms with Crippen molar-refractivity contribution in [2.24, 2.45) is 5.92 Å². The first-order chi connectivity index (χ1) is 11.5. The molecule has 132 valence electrons. The first kappa shape index (κ1) is 18.7. The fourth-order valence-electron chi connectivity index (χ4n) is 2.83. The average Bonchev–Trinajstić information content (AvgIpc) is 2.56. The highest BCUT2D eigenvalue weighted by molar-refractivity contribution is 5.69. The van der Waals surface area contributed by atoms with Crippen molar-refractivity contribution < 1.29 is 19.0 Å². The summed E-state index contributed by atoms with van der Waals surface area (Å²) >= 11 is 0. The molecule has 1 aromatic rings. The van der Waals surface area contributed by atoms with Crippen LogP contribution in [0.5, 0.6) is 0 Å². The zero-order valence-corrected chi connectivity index (χ0v) is 14.9. The molecule has 4 heteroatoms. The van der Waals surface area contributed by atoms with Crippen LogP contribution >= 0.6 is 0 Å². The van der Waals surface area contributed by atoms with E-state index in [0.29, 0.717) is 26.1 Å². The van der Waals surface area contributed by atoms with Gasteiger partial charge in [-0.2, -0.15) is 0 Å². The monoisotopic (exact) mass is 332 g/mol. The van der Waals surface area contributed by atoms with Crippen molar-refractivity contribution in [3.8, 4) is 0 Å². The zero-order chi connectivity index (χ0) is 17.4. The predicted octanol–water partition coefficient (Wildman–Crippen LogP) is 4.42. The summed E-state index contributed by atoms with van der Waals surface area (Å²) in [6.45, 7) is 6.83. The highest BCUT2D eigenvalue weighted by Gasteiger charge is 2.36. The summed E-state index contributed by atoms with van der Waals surface area (Å²) < 4.78 is 16.9. The van der Waals surface area contributed by atoms with E-state index in [-0.39, 0.29) is 18.0 Å². The molecule has 0 N–H and O–H groups in total. The van der Waals surface area contributed by atoms with Gasteiger partial charge in [0.1, 0.15) is 0 Å². The maximum atomic E-state index is 11.3. The van der Waals surface area contributed by atoms with Gasteiger partial charge in [-0.3, -0.25) is 4.79 Å². The number of rotatable bonds is 7. The second-order valence-corrected chi connectivity index (χ2v) is 6.47. The lowest BCUT2D eigenvalue weighted by atomic mass is 9.91. The van der Waals surface area contributed by atoms with Crippen molar-refractivity contribution in [1.82, 2.24) is 0 Å². The second kappa shape index (κ2) is 9.00. The first-order valence-electron chi connectivity index (χ1n) is 8.69. The van der Waals surface area contributed by atoms with Crippen LogP contribution in [0, 0.1) is 5.92 Å². The van der Waals surface area contributed by atoms with Gasteiger partial charge in [0.25, 0.3) is 0 Å². The number of carbonyl (C=O) groups is 1. The molecule has 0 aliphatic carbocycles. The Morgan fingerprint density at radius 3 is 2.75 bits per heavy atom. The molecule has 1 saturated heterocycles. The molecule has 4 nitrogen and oxygen atoms in total. The lowest BCUT2D eigenvalue weighted by Gasteiger charge is -2.41. The Balaban J connectivity index is 1.91. The van der Waals surface area contributed by atoms with E-state index in [1.54, 1.807) is 0 Å². The highest BCUT2D eigenvalue weighted by Crippen LogP contribution is 2.38. The van der Waals surface area contributed by atoms with Crippen molar-refractivity contribution in [3.63, 3.8) is 0 Å². The molecular weight excluding hydrogens is 304 g/mol. The topological polar surface area (TPSA) is 44.8 Å². The van der Waals surface area contributed by atoms with Gasteiger partial charge in [-0.15, -0.1) is 0 Å². The summed E-state index contributed by atoms with van der Waals surface area (Å²) in [6, 6.07) is 10.3. The van der Waals surface area contributed by atoms with Crippen molar-refractivity contribution >= 4 is 5.97 Å². The minimum Gasteiger partial charge on any atom is -0.466 e. The molecule has 0 bridgehead atoms. The smallest absolute Gasteiger partial charge is 0.306 e. The SMILES string of the molecule is CCOC(=O)CCC=CC[C@@H]1COC(C)(C)O[C@@H]1c1ccccc1. The summed E-state index contributed by atoms with van der Waals surface area (Å²) in [6.07, 6.45) is 6.17. The van der Waals surface area contributed by atoms with Crippen LogP contribution in [0.1, 0.15) is 51.7 Å². The number of benzene rings is 1. The third kappa shape index (κ3) is 5.77. The zero-order valence-electron chi connectivity index (χ0n) is 14.9. The standard InChI is InChI=1S/C20H28O4/c1-4-22-18(21)14-10-6-9-13-17-15-23-20(2,3)24-19(17)16-11-7-5-8-12-16/h5-9,11-12,17,19H,4,10,13-15H2,1-3H3/t17-,19-/m1/s1. The van der Waals surface area contributed by atoms with Gasteiger partial charge in [-0.1, -0.05) is 42.5 Å². The van der Waals surface area contributed by atoms with E-state index in [4.69, 9.17) is 14.2 Å². The molecule has 1 aliphatic heterocycles. The molecule has 2 rings (SSSR count). The van der Waals surface area contributed by atoms with Crippen LogP contribution < -0.4 is 0 Å². The van der Waals surface area contributed by atoms with E-state index in [0.717, 1.165) is 6.42 Å². The Morgan fingerprint density at radius 1 is 1.29 bits per heavy atom. The van der Waals surface area contributed by atoms with Crippen LogP contribution in [-0.4, -0.2) is 25.0 Å². The van der Waals surface area contributed by atoms with E-state index < -0.39 is 5.79 Å². The number of carbonyl (C=O) groups excluding carboxylic acids is 1. The summed E-state index contributed by atoms with van der Waals surface area (Å²) in [7, 11) is 0. The van der Waals surface area contributed by atoms with Gasteiger partial charge in [0, 0.05) is 12.3 Å². The number of esters is 1. The van der Waals surface area contributed by atoms with E-state index in [1.807, 2.05) is 45.0 Å². The quantitative estimate of drug-likeness (QED) is 0.548. The minimum absolute atomic E-state index is 0.0182. The third-order valence-electron chi connectivity index (χ3n) is 4.04. The van der Waals surface area contributed by atoms with Crippen LogP contribution in [0.15, 0.2) is 42.5 Å². The third-order valence-corrected chi connectivity index (χ3v) is 4.04. The van der Waals surface area contributed by atoms with Gasteiger partial charge in [-0.05, 0) is 39.2 Å². The number of allylic oxidation sites excluding steroid dienone is 2. The van der Waals surface area contributed by atoms with E-state index in [1.165, 1.54) is 5.56 Å². The molecule has 0 spiro atoms. The Labute approximate surface area is 144 Å². The van der Waals surface area contributed by atoms with Crippen molar-refractivity contribution in [2.45, 2.75) is 51.9 Å². The molecule has 1 heterocycles. The maximum Gasteiger partial charge on any atom is 0.306 e. The normalized spacial score (nSPS) is 23.3. The summed E-state index contributed by atoms with van der Waals surface area (Å²) in [4.78, 5) is 11.3. The van der Waals surface area contributed by atoms with Crippen molar-refractivity contribution in [2.75, 3.05) is 13.2 Å². The molecule has 0 unspecified atom stereocenters. The number of hydrogen-bond donors (Lipinski definition) is 0. The van der Waals surface area contributed by atoms with E-state index in [9.17, 15) is 4.79 Å². The van der Waals surface area contributed by atoms with Gasteiger partial charge in [0.2, 0.25) is 0 Å². The van der Waals surface area contributed by atoms with E-state index in [2.05, 4.69) is 18.2 Å². The summed E-state index contributed by atoms with van der Waals surface area (Å²) in [5, 5.41) is 0. The molecule has 0 aromatic heterocycles. The van der Waals surface area contributed by atoms with Crippen LogP contribution in [0.4, 0.5) is 0 Å². The lowest BCUT2D eigenvalue weighted by Crippen LogP contribution is -2.41. The Kier molecular flexibility index (Phi) is 7.00. The largest absolute Gasteiger partial charge is 0.466 e. The van der Waals surface area contributed by atoms with Crippen LogP contribution in [0.2, 0.25) is 0 Å². The predicted molar refractivity (Wildman–Crippen MR) is 93.4 cm³/mol. The molecule has 24 heavy (non-hydrogen) atoms. The average molecular weight is 332 g/mol. The van der Waals surface area contributed by atoms with Crippen LogP contribution in [0.3, 0.4) is 0 Å². The molecule has 0 saturated carbocycles. The maximum absolute atomic E-state index is 11.3. The fourth-order valence-corrected chi connectivity index (χ4v) is 2.83. The van der Waals surface area contributed by atoms with Crippen LogP contribution in [0.25, 0.3) is 0 Å². The highest BCUT2D eigenvalue weighted by atomic mass is 16.7. The molecule has 2 atom stereocenters. The lowest BCUT2D eigenvalue weighted by molar-refractivity contribution is -0.295. The minimum atomic E-state index is -0.565. The summed E-state index contributed by atoms with van der Waals surface area (Å²) in [5.41, 5.74) is 1.18. The number of ether oxygens (including phenoxy) is 3. The molecule has 1 fully saturated rings. The molecule has 0 radical (unpaired) electrons. The van der Waals surface area contributed by atoms with Gasteiger partial charge < -0.3 is 14.2 Å². The van der Waals surface area contributed by atoms with Gasteiger partial charge in [-0.25, -0.2) is 0 Å². The molecule has 1 aromatic carbocycles. The van der Waals surface area contributed by atoms with Crippen molar-refractivity contribution in [1.29, 1.82) is 0 Å². The Hall–Kier alpha value is -1.65. The first-order valence-corrected chi connectivity index (χ1v) is 8.69. The molecule has 0 amide bonds. The van der Waals surface area contributed by atoms with Gasteiger partial charge in [0.05, 0.1) is 19.3 Å². The van der Waals surface area contributed by atoms with Gasteiger partial charge >= 0.3 is 5.97 Å². The van der Waals surface area contributed by atoms with Crippen molar-refractivity contribution in [3.05, 3.63) is 48.0 Å². The van der Waals surface area contributed by atoms with E-state index >= 15 is 0 Å². The van der Waals surface area contributed by atoms with Gasteiger partial charge in [0.15, 0.2) is 5.79 Å². The second-order valence-electron chi connectivity index (χ2n) is 6.47. The fraction of sp³-hybridized carbons (Fsp3) is 0.550. The summed E-state index contributed by atoms with van der Waals surface area (Å²) in [5.74, 6) is -0.445. The Morgan fingerprint density at radius 2 is 2.04 bits per heavy atom. The van der Waals surface area contributed by atoms with Crippen LogP contribution in [-0.2, 0) is 19.0 Å². The molecule has 1 aliphatic rings. The number of hydrogen-bond acceptors (Lipinski definition) is 4.